The van der Waals surface area contributed by atoms with Crippen molar-refractivity contribution in [3.63, 3.8) is 0 Å². The molecule has 0 radical (unpaired) electrons. The van der Waals surface area contributed by atoms with Crippen molar-refractivity contribution in [2.75, 3.05) is 6.54 Å². The molecule has 1 aliphatic rings. The van der Waals surface area contributed by atoms with E-state index in [0.717, 1.165) is 36.3 Å². The molecule has 2 N–H and O–H groups in total. The minimum atomic E-state index is -4.56. The molecule has 0 bridgehead atoms. The van der Waals surface area contributed by atoms with Crippen molar-refractivity contribution < 1.29 is 23.1 Å². The molecule has 3 rings (SSSR count). The summed E-state index contributed by atoms with van der Waals surface area (Å²) in [6.45, 7) is 0.404. The van der Waals surface area contributed by atoms with E-state index in [1.165, 1.54) is 31.7 Å². The van der Waals surface area contributed by atoms with E-state index in [1.54, 1.807) is 0 Å². The number of hydrogen-bond donors (Lipinski definition) is 2. The van der Waals surface area contributed by atoms with E-state index in [9.17, 15) is 27.9 Å². The lowest BCUT2D eigenvalue weighted by atomic mass is 9.89. The maximum atomic E-state index is 13.3. The number of amides is 1. The van der Waals surface area contributed by atoms with Crippen molar-refractivity contribution in [1.82, 2.24) is 14.9 Å². The summed E-state index contributed by atoms with van der Waals surface area (Å²) >= 11 is 0. The molecule has 0 aliphatic heterocycles. The molecule has 0 unspecified atom stereocenters. The van der Waals surface area contributed by atoms with Crippen molar-refractivity contribution in [2.45, 2.75) is 44.7 Å². The predicted molar refractivity (Wildman–Crippen MR) is 104 cm³/mol. The Labute approximate surface area is 171 Å². The maximum absolute atomic E-state index is 13.3. The molecule has 1 fully saturated rings. The minimum Gasteiger partial charge on any atom is -0.501 e. The molecule has 2 aromatic rings. The van der Waals surface area contributed by atoms with E-state index in [-0.39, 0.29) is 17.8 Å². The lowest BCUT2D eigenvalue weighted by Gasteiger charge is -2.21. The van der Waals surface area contributed by atoms with Gasteiger partial charge in [-0.15, -0.1) is 0 Å². The largest absolute Gasteiger partial charge is 0.501 e. The molecule has 1 heterocycles. The lowest BCUT2D eigenvalue weighted by Crippen LogP contribution is -2.33. The van der Waals surface area contributed by atoms with Gasteiger partial charge in [0.05, 0.1) is 5.56 Å². The van der Waals surface area contributed by atoms with E-state index in [4.69, 9.17) is 0 Å². The topological polar surface area (TPSA) is 84.2 Å². The van der Waals surface area contributed by atoms with Gasteiger partial charge in [0.25, 0.3) is 11.5 Å². The lowest BCUT2D eigenvalue weighted by molar-refractivity contribution is -0.138. The number of hydrogen-bond acceptors (Lipinski definition) is 4. The van der Waals surface area contributed by atoms with E-state index < -0.39 is 34.6 Å². The van der Waals surface area contributed by atoms with Crippen molar-refractivity contribution in [3.8, 4) is 5.75 Å². The van der Waals surface area contributed by atoms with Gasteiger partial charge in [0, 0.05) is 20.0 Å². The standard InChI is InChI=1S/C21H24F3N3O3/c1-27-16(11-14-9-5-6-10-15(14)21(22,23)24)26-17(18(28)20(27)30)19(29)25-12-13-7-3-2-4-8-13/h5-6,9-10,13,28H,2-4,7-8,11-12H2,1H3,(H,25,29). The summed E-state index contributed by atoms with van der Waals surface area (Å²) in [7, 11) is 1.30. The number of alkyl halides is 3. The zero-order valence-corrected chi connectivity index (χ0v) is 16.6. The number of aromatic nitrogens is 2. The van der Waals surface area contributed by atoms with Gasteiger partial charge in [0.2, 0.25) is 5.75 Å². The first-order valence-electron chi connectivity index (χ1n) is 9.90. The molecule has 0 saturated heterocycles. The highest BCUT2D eigenvalue weighted by Gasteiger charge is 2.33. The average molecular weight is 423 g/mol. The number of carbonyl (C=O) groups is 1. The highest BCUT2D eigenvalue weighted by molar-refractivity contribution is 5.94. The Kier molecular flexibility index (Phi) is 6.48. The normalized spacial score (nSPS) is 15.2. The molecule has 1 aromatic heterocycles. The average Bonchev–Trinajstić information content (AvgIpc) is 2.72. The third-order valence-corrected chi connectivity index (χ3v) is 5.52. The van der Waals surface area contributed by atoms with Crippen LogP contribution in [-0.4, -0.2) is 27.1 Å². The van der Waals surface area contributed by atoms with Gasteiger partial charge in [-0.2, -0.15) is 13.2 Å². The predicted octanol–water partition coefficient (Wildman–Crippen LogP) is 3.41. The summed E-state index contributed by atoms with van der Waals surface area (Å²) in [6.07, 6.45) is 0.476. The quantitative estimate of drug-likeness (QED) is 0.772. The Morgan fingerprint density at radius 1 is 1.23 bits per heavy atom. The third kappa shape index (κ3) is 4.83. The summed E-state index contributed by atoms with van der Waals surface area (Å²) in [5, 5.41) is 12.8. The molecule has 1 amide bonds. The summed E-state index contributed by atoms with van der Waals surface area (Å²) in [6, 6.07) is 4.98. The van der Waals surface area contributed by atoms with Crippen LogP contribution in [0.3, 0.4) is 0 Å². The Morgan fingerprint density at radius 2 is 1.90 bits per heavy atom. The fraction of sp³-hybridized carbons (Fsp3) is 0.476. The maximum Gasteiger partial charge on any atom is 0.416 e. The number of rotatable bonds is 5. The summed E-state index contributed by atoms with van der Waals surface area (Å²) < 4.78 is 40.8. The van der Waals surface area contributed by atoms with Crippen LogP contribution in [0, 0.1) is 5.92 Å². The second-order valence-electron chi connectivity index (χ2n) is 7.64. The van der Waals surface area contributed by atoms with E-state index in [1.807, 2.05) is 0 Å². The number of benzene rings is 1. The first kappa shape index (κ1) is 21.9. The summed E-state index contributed by atoms with van der Waals surface area (Å²) in [5.41, 5.74) is -2.26. The fourth-order valence-corrected chi connectivity index (χ4v) is 3.78. The van der Waals surface area contributed by atoms with Gasteiger partial charge in [-0.3, -0.25) is 14.2 Å². The Hall–Kier alpha value is -2.84. The van der Waals surface area contributed by atoms with Crippen LogP contribution in [-0.2, 0) is 19.6 Å². The molecule has 30 heavy (non-hydrogen) atoms. The Bertz CT molecular complexity index is 980. The SMILES string of the molecule is Cn1c(Cc2ccccc2C(F)(F)F)nc(C(=O)NCC2CCCCC2)c(O)c1=O. The van der Waals surface area contributed by atoms with Crippen LogP contribution in [0.4, 0.5) is 13.2 Å². The Morgan fingerprint density at radius 3 is 2.57 bits per heavy atom. The van der Waals surface area contributed by atoms with Crippen molar-refractivity contribution >= 4 is 5.91 Å². The van der Waals surface area contributed by atoms with Crippen molar-refractivity contribution in [2.24, 2.45) is 13.0 Å². The molecule has 162 valence electrons. The molecule has 6 nitrogen and oxygen atoms in total. The molecular weight excluding hydrogens is 399 g/mol. The number of aromatic hydroxyl groups is 1. The van der Waals surface area contributed by atoms with Crippen LogP contribution in [0.5, 0.6) is 5.75 Å². The van der Waals surface area contributed by atoms with Gasteiger partial charge < -0.3 is 10.4 Å². The number of carbonyl (C=O) groups excluding carboxylic acids is 1. The first-order chi connectivity index (χ1) is 14.2. The third-order valence-electron chi connectivity index (χ3n) is 5.52. The van der Waals surface area contributed by atoms with Gasteiger partial charge in [0.15, 0.2) is 5.69 Å². The van der Waals surface area contributed by atoms with Crippen molar-refractivity contribution in [3.05, 3.63) is 57.3 Å². The Balaban J connectivity index is 1.87. The van der Waals surface area contributed by atoms with Crippen LogP contribution < -0.4 is 10.9 Å². The molecule has 1 saturated carbocycles. The summed E-state index contributed by atoms with van der Waals surface area (Å²) in [5.74, 6) is -1.24. The van der Waals surface area contributed by atoms with Crippen molar-refractivity contribution in [1.29, 1.82) is 0 Å². The molecule has 0 spiro atoms. The van der Waals surface area contributed by atoms with Gasteiger partial charge in [-0.25, -0.2) is 4.98 Å². The molecular formula is C21H24F3N3O3. The fourth-order valence-electron chi connectivity index (χ4n) is 3.78. The highest BCUT2D eigenvalue weighted by Crippen LogP contribution is 2.32. The smallest absolute Gasteiger partial charge is 0.416 e. The molecule has 9 heteroatoms. The first-order valence-corrected chi connectivity index (χ1v) is 9.90. The molecule has 1 aliphatic carbocycles. The molecule has 1 aromatic carbocycles. The van der Waals surface area contributed by atoms with Gasteiger partial charge in [-0.1, -0.05) is 37.5 Å². The summed E-state index contributed by atoms with van der Waals surface area (Å²) in [4.78, 5) is 29.0. The van der Waals surface area contributed by atoms with Gasteiger partial charge in [0.1, 0.15) is 5.82 Å². The van der Waals surface area contributed by atoms with Crippen LogP contribution in [0.25, 0.3) is 0 Å². The highest BCUT2D eigenvalue weighted by atomic mass is 19.4. The minimum absolute atomic E-state index is 0.0442. The van der Waals surface area contributed by atoms with Gasteiger partial charge in [-0.05, 0) is 30.4 Å². The van der Waals surface area contributed by atoms with Crippen LogP contribution in [0.15, 0.2) is 29.1 Å². The van der Waals surface area contributed by atoms with E-state index in [0.29, 0.717) is 12.5 Å². The van der Waals surface area contributed by atoms with E-state index in [2.05, 4.69) is 10.3 Å². The zero-order valence-electron chi connectivity index (χ0n) is 16.6. The second kappa shape index (κ2) is 8.89. The zero-order chi connectivity index (χ0) is 21.9. The number of nitrogens with one attached hydrogen (secondary N) is 1. The second-order valence-corrected chi connectivity index (χ2v) is 7.64. The molecule has 0 atom stereocenters. The van der Waals surface area contributed by atoms with E-state index >= 15 is 0 Å². The number of nitrogens with zero attached hydrogens (tertiary/aromatic N) is 2. The number of halogens is 3. The van der Waals surface area contributed by atoms with Crippen LogP contribution >= 0.6 is 0 Å². The van der Waals surface area contributed by atoms with Gasteiger partial charge >= 0.3 is 6.18 Å². The monoisotopic (exact) mass is 423 g/mol. The van der Waals surface area contributed by atoms with Crippen LogP contribution in [0.2, 0.25) is 0 Å². The van der Waals surface area contributed by atoms with Crippen LogP contribution in [0.1, 0.15) is 59.5 Å².